The Bertz CT molecular complexity index is 1070. The number of carbonyl (C=O) groups excluding carboxylic acids is 1. The van der Waals surface area contributed by atoms with Gasteiger partial charge in [0, 0.05) is 24.6 Å². The van der Waals surface area contributed by atoms with Gasteiger partial charge in [-0.15, -0.1) is 0 Å². The molecule has 1 atom stereocenters. The Kier molecular flexibility index (Phi) is 6.49. The number of benzene rings is 2. The maximum atomic E-state index is 13.2. The minimum absolute atomic E-state index is 0.131. The van der Waals surface area contributed by atoms with Crippen molar-refractivity contribution in [1.29, 1.82) is 0 Å². The molecule has 6 heteroatoms. The van der Waals surface area contributed by atoms with Crippen LogP contribution in [0.3, 0.4) is 0 Å². The second-order valence-corrected chi connectivity index (χ2v) is 8.37. The predicted octanol–water partition coefficient (Wildman–Crippen LogP) is 5.43. The van der Waals surface area contributed by atoms with Crippen molar-refractivity contribution in [3.8, 4) is 28.6 Å². The Morgan fingerprint density at radius 3 is 2.41 bits per heavy atom. The molecule has 0 radical (unpaired) electrons. The molecule has 2 aromatic carbocycles. The fraction of sp³-hybridized carbons (Fsp3) is 0.385. The molecule has 1 aliphatic rings. The van der Waals surface area contributed by atoms with Gasteiger partial charge in [-0.1, -0.05) is 49.4 Å². The van der Waals surface area contributed by atoms with E-state index in [1.807, 2.05) is 66.5 Å². The molecular weight excluding hydrogens is 402 g/mol. The molecule has 1 fully saturated rings. The van der Waals surface area contributed by atoms with Crippen LogP contribution in [0, 0.1) is 5.92 Å². The minimum Gasteiger partial charge on any atom is -0.493 e. The van der Waals surface area contributed by atoms with E-state index in [-0.39, 0.29) is 17.9 Å². The lowest BCUT2D eigenvalue weighted by molar-refractivity contribution is -0.135. The van der Waals surface area contributed by atoms with Crippen molar-refractivity contribution >= 4 is 5.91 Å². The monoisotopic (exact) mass is 433 g/mol. The molecule has 0 bridgehead atoms. The molecular formula is C26H31N3O3. The first-order valence-corrected chi connectivity index (χ1v) is 11.3. The molecule has 4 rings (SSSR count). The largest absolute Gasteiger partial charge is 0.493 e. The summed E-state index contributed by atoms with van der Waals surface area (Å²) in [7, 11) is 3.50. The third-order valence-electron chi connectivity index (χ3n) is 6.07. The predicted molar refractivity (Wildman–Crippen MR) is 125 cm³/mol. The molecule has 1 unspecified atom stereocenters. The quantitative estimate of drug-likeness (QED) is 0.452. The number of methoxy groups -OCH3 is 1. The van der Waals surface area contributed by atoms with Crippen molar-refractivity contribution in [3.63, 3.8) is 0 Å². The van der Waals surface area contributed by atoms with Crippen molar-refractivity contribution in [3.05, 3.63) is 60.2 Å². The number of hydrogen-bond donors (Lipinski definition) is 0. The number of aromatic nitrogens is 2. The fourth-order valence-corrected chi connectivity index (χ4v) is 3.86. The summed E-state index contributed by atoms with van der Waals surface area (Å²) in [5, 5.41) is 4.80. The van der Waals surface area contributed by atoms with Gasteiger partial charge in [-0.25, -0.2) is 4.68 Å². The third-order valence-corrected chi connectivity index (χ3v) is 6.07. The number of hydrogen-bond acceptors (Lipinski definition) is 4. The number of ether oxygens (including phenoxy) is 2. The summed E-state index contributed by atoms with van der Waals surface area (Å²) in [6.45, 7) is 4.68. The van der Waals surface area contributed by atoms with Gasteiger partial charge in [-0.3, -0.25) is 4.79 Å². The number of nitrogens with zero attached hydrogens (tertiary/aromatic N) is 3. The van der Waals surface area contributed by atoms with E-state index in [9.17, 15) is 4.79 Å². The summed E-state index contributed by atoms with van der Waals surface area (Å²) in [6.07, 6.45) is 2.85. The van der Waals surface area contributed by atoms with E-state index in [1.54, 1.807) is 11.8 Å². The summed E-state index contributed by atoms with van der Waals surface area (Å²) < 4.78 is 13.6. The lowest BCUT2D eigenvalue weighted by Gasteiger charge is -2.29. The Labute approximate surface area is 189 Å². The molecule has 6 nitrogen and oxygen atoms in total. The van der Waals surface area contributed by atoms with Crippen molar-refractivity contribution in [1.82, 2.24) is 14.7 Å². The summed E-state index contributed by atoms with van der Waals surface area (Å²) >= 11 is 0. The molecule has 0 aliphatic heterocycles. The molecule has 0 N–H and O–H groups in total. The van der Waals surface area contributed by atoms with Crippen LogP contribution in [0.2, 0.25) is 0 Å². The summed E-state index contributed by atoms with van der Waals surface area (Å²) in [5.41, 5.74) is 2.73. The zero-order valence-corrected chi connectivity index (χ0v) is 19.2. The maximum absolute atomic E-state index is 13.2. The van der Waals surface area contributed by atoms with Crippen LogP contribution in [0.25, 0.3) is 11.3 Å². The molecule has 1 saturated carbocycles. The van der Waals surface area contributed by atoms with Crippen LogP contribution >= 0.6 is 0 Å². The molecule has 1 aromatic heterocycles. The lowest BCUT2D eigenvalue weighted by Crippen LogP contribution is -2.38. The zero-order valence-electron chi connectivity index (χ0n) is 19.2. The van der Waals surface area contributed by atoms with Gasteiger partial charge in [0.2, 0.25) is 11.8 Å². The van der Waals surface area contributed by atoms with E-state index in [1.165, 1.54) is 0 Å². The van der Waals surface area contributed by atoms with Crippen LogP contribution in [-0.2, 0) is 18.4 Å². The van der Waals surface area contributed by atoms with Gasteiger partial charge >= 0.3 is 0 Å². The zero-order chi connectivity index (χ0) is 22.7. The van der Waals surface area contributed by atoms with E-state index < -0.39 is 0 Å². The molecule has 3 aromatic rings. The van der Waals surface area contributed by atoms with Crippen molar-refractivity contribution in [2.45, 2.75) is 45.7 Å². The first-order valence-electron chi connectivity index (χ1n) is 11.3. The maximum Gasteiger partial charge on any atom is 0.226 e. The number of carbonyl (C=O) groups is 1. The first-order chi connectivity index (χ1) is 15.5. The molecule has 1 amide bonds. The Hall–Kier alpha value is -3.28. The first kappa shape index (κ1) is 21.9. The lowest BCUT2D eigenvalue weighted by atomic mass is 10.1. The van der Waals surface area contributed by atoms with E-state index >= 15 is 0 Å². The number of rotatable bonds is 9. The van der Waals surface area contributed by atoms with Crippen molar-refractivity contribution in [2.24, 2.45) is 13.0 Å². The Balaban J connectivity index is 1.79. The number of para-hydroxylation sites is 2. The smallest absolute Gasteiger partial charge is 0.226 e. The van der Waals surface area contributed by atoms with Crippen LogP contribution in [-0.4, -0.2) is 33.7 Å². The topological polar surface area (TPSA) is 56.6 Å². The van der Waals surface area contributed by atoms with Crippen molar-refractivity contribution in [2.75, 3.05) is 7.11 Å². The summed E-state index contributed by atoms with van der Waals surface area (Å²) in [5.74, 6) is 2.26. The van der Waals surface area contributed by atoms with Gasteiger partial charge in [0.15, 0.2) is 11.5 Å². The third kappa shape index (κ3) is 4.49. The van der Waals surface area contributed by atoms with Gasteiger partial charge in [0.05, 0.1) is 19.2 Å². The van der Waals surface area contributed by atoms with E-state index in [2.05, 4.69) is 13.8 Å². The van der Waals surface area contributed by atoms with Gasteiger partial charge < -0.3 is 14.4 Å². The van der Waals surface area contributed by atoms with Crippen LogP contribution in [0.4, 0.5) is 0 Å². The van der Waals surface area contributed by atoms with Gasteiger partial charge in [0.1, 0.15) is 5.69 Å². The number of aryl methyl sites for hydroxylation is 1. The molecule has 0 spiro atoms. The van der Waals surface area contributed by atoms with E-state index in [0.717, 1.165) is 36.1 Å². The highest BCUT2D eigenvalue weighted by Gasteiger charge is 2.36. The fourth-order valence-electron chi connectivity index (χ4n) is 3.86. The Morgan fingerprint density at radius 2 is 1.78 bits per heavy atom. The van der Waals surface area contributed by atoms with Gasteiger partial charge in [0.25, 0.3) is 0 Å². The molecule has 1 heterocycles. The molecule has 0 saturated heterocycles. The second-order valence-electron chi connectivity index (χ2n) is 8.37. The van der Waals surface area contributed by atoms with Gasteiger partial charge in [-0.2, -0.15) is 5.10 Å². The van der Waals surface area contributed by atoms with Crippen LogP contribution in [0.1, 0.15) is 38.7 Å². The number of amides is 1. The highest BCUT2D eigenvalue weighted by Crippen LogP contribution is 2.39. The van der Waals surface area contributed by atoms with Crippen molar-refractivity contribution < 1.29 is 14.3 Å². The molecule has 168 valence electrons. The van der Waals surface area contributed by atoms with E-state index in [0.29, 0.717) is 23.9 Å². The van der Waals surface area contributed by atoms with Gasteiger partial charge in [-0.05, 0) is 38.3 Å². The van der Waals surface area contributed by atoms with Crippen LogP contribution in [0.15, 0.2) is 54.6 Å². The second kappa shape index (κ2) is 9.47. The molecule has 1 aliphatic carbocycles. The minimum atomic E-state index is 0.131. The summed E-state index contributed by atoms with van der Waals surface area (Å²) in [6, 6.07) is 17.7. The normalized spacial score (nSPS) is 14.1. The van der Waals surface area contributed by atoms with Crippen LogP contribution in [0.5, 0.6) is 17.4 Å². The summed E-state index contributed by atoms with van der Waals surface area (Å²) in [4.78, 5) is 15.2. The Morgan fingerprint density at radius 1 is 1.12 bits per heavy atom. The highest BCUT2D eigenvalue weighted by atomic mass is 16.5. The van der Waals surface area contributed by atoms with Crippen LogP contribution < -0.4 is 9.47 Å². The standard InChI is InChI=1S/C26H31N3O3/c1-5-18(2)29(25(30)20-15-16-20)17-21-24(19-11-7-6-8-12-19)27-28(3)26(21)32-23-14-10-9-13-22(23)31-4/h6-14,18,20H,5,15-17H2,1-4H3. The van der Waals surface area contributed by atoms with E-state index in [4.69, 9.17) is 14.6 Å². The average molecular weight is 434 g/mol. The average Bonchev–Trinajstić information content (AvgIpc) is 3.63. The molecule has 32 heavy (non-hydrogen) atoms. The SMILES string of the molecule is CCC(C)N(Cc1c(-c2ccccc2)nn(C)c1Oc1ccccc1OC)C(=O)C1CC1. The highest BCUT2D eigenvalue weighted by molar-refractivity contribution is 5.81.